The third-order valence-corrected chi connectivity index (χ3v) is 4.46. The Bertz CT molecular complexity index is 525. The van der Waals surface area contributed by atoms with Crippen LogP contribution in [-0.2, 0) is 6.54 Å². The SMILES string of the molecule is c1ccc(NCC2CCCCCC2)c(Cn2cccn2)c1. The molecule has 1 heterocycles. The molecule has 1 aromatic heterocycles. The van der Waals surface area contributed by atoms with Gasteiger partial charge in [-0.25, -0.2) is 0 Å². The normalized spacial score (nSPS) is 16.6. The Hall–Kier alpha value is -1.77. The van der Waals surface area contributed by atoms with Gasteiger partial charge in [0, 0.05) is 24.6 Å². The predicted octanol–water partition coefficient (Wildman–Crippen LogP) is 4.31. The van der Waals surface area contributed by atoms with Crippen LogP contribution in [0.15, 0.2) is 42.7 Å². The van der Waals surface area contributed by atoms with E-state index in [0.29, 0.717) is 0 Å². The van der Waals surface area contributed by atoms with E-state index in [4.69, 9.17) is 0 Å². The lowest BCUT2D eigenvalue weighted by atomic mass is 10.00. The second-order valence-corrected chi connectivity index (χ2v) is 6.10. The van der Waals surface area contributed by atoms with Gasteiger partial charge in [-0.15, -0.1) is 0 Å². The van der Waals surface area contributed by atoms with Crippen LogP contribution in [0.1, 0.15) is 44.1 Å². The molecule has 0 amide bonds. The Kier molecular flexibility index (Phi) is 4.93. The van der Waals surface area contributed by atoms with Crippen molar-refractivity contribution in [2.24, 2.45) is 5.92 Å². The van der Waals surface area contributed by atoms with Crippen LogP contribution in [0.5, 0.6) is 0 Å². The predicted molar refractivity (Wildman–Crippen MR) is 87.5 cm³/mol. The van der Waals surface area contributed by atoms with Crippen molar-refractivity contribution in [1.29, 1.82) is 0 Å². The zero-order valence-electron chi connectivity index (χ0n) is 12.7. The summed E-state index contributed by atoms with van der Waals surface area (Å²) in [6.45, 7) is 1.94. The monoisotopic (exact) mass is 283 g/mol. The van der Waals surface area contributed by atoms with Gasteiger partial charge in [-0.1, -0.05) is 43.9 Å². The molecule has 1 N–H and O–H groups in total. The van der Waals surface area contributed by atoms with E-state index in [1.165, 1.54) is 49.8 Å². The Morgan fingerprint density at radius 2 is 1.86 bits per heavy atom. The molecule has 1 aliphatic rings. The first-order valence-corrected chi connectivity index (χ1v) is 8.21. The van der Waals surface area contributed by atoms with Crippen molar-refractivity contribution in [3.8, 4) is 0 Å². The van der Waals surface area contributed by atoms with Crippen molar-refractivity contribution in [3.05, 3.63) is 48.3 Å². The highest BCUT2D eigenvalue weighted by Crippen LogP contribution is 2.24. The minimum Gasteiger partial charge on any atom is -0.384 e. The lowest BCUT2D eigenvalue weighted by Crippen LogP contribution is -2.15. The fourth-order valence-electron chi connectivity index (χ4n) is 3.22. The number of benzene rings is 1. The van der Waals surface area contributed by atoms with E-state index in [1.54, 1.807) is 0 Å². The average molecular weight is 283 g/mol. The van der Waals surface area contributed by atoms with Crippen molar-refractivity contribution >= 4 is 5.69 Å². The van der Waals surface area contributed by atoms with Crippen LogP contribution in [0, 0.1) is 5.92 Å². The molecule has 1 aromatic carbocycles. The van der Waals surface area contributed by atoms with Gasteiger partial charge >= 0.3 is 0 Å². The van der Waals surface area contributed by atoms with Gasteiger partial charge < -0.3 is 5.32 Å². The van der Waals surface area contributed by atoms with E-state index in [0.717, 1.165) is 19.0 Å². The van der Waals surface area contributed by atoms with Crippen molar-refractivity contribution in [2.75, 3.05) is 11.9 Å². The van der Waals surface area contributed by atoms with E-state index in [9.17, 15) is 0 Å². The summed E-state index contributed by atoms with van der Waals surface area (Å²) < 4.78 is 1.98. The first kappa shape index (κ1) is 14.2. The van der Waals surface area contributed by atoms with Crippen LogP contribution in [0.25, 0.3) is 0 Å². The van der Waals surface area contributed by atoms with E-state index >= 15 is 0 Å². The molecule has 0 atom stereocenters. The highest BCUT2D eigenvalue weighted by Gasteiger charge is 2.12. The average Bonchev–Trinajstić information content (AvgIpc) is 2.88. The van der Waals surface area contributed by atoms with Gasteiger partial charge in [0.15, 0.2) is 0 Å². The van der Waals surface area contributed by atoms with Gasteiger partial charge in [0.2, 0.25) is 0 Å². The van der Waals surface area contributed by atoms with Gasteiger partial charge in [0.05, 0.1) is 6.54 Å². The van der Waals surface area contributed by atoms with Crippen LogP contribution in [0.3, 0.4) is 0 Å². The first-order chi connectivity index (χ1) is 10.4. The van der Waals surface area contributed by atoms with Gasteiger partial charge in [-0.2, -0.15) is 5.10 Å². The van der Waals surface area contributed by atoms with Crippen LogP contribution in [-0.4, -0.2) is 16.3 Å². The second kappa shape index (κ2) is 7.30. The minimum atomic E-state index is 0.834. The Morgan fingerprint density at radius 1 is 1.05 bits per heavy atom. The number of anilines is 1. The summed E-state index contributed by atoms with van der Waals surface area (Å²) in [5, 5.41) is 7.99. The zero-order chi connectivity index (χ0) is 14.3. The maximum absolute atomic E-state index is 4.30. The number of hydrogen-bond acceptors (Lipinski definition) is 2. The minimum absolute atomic E-state index is 0.834. The summed E-state index contributed by atoms with van der Waals surface area (Å²) in [7, 11) is 0. The summed E-state index contributed by atoms with van der Waals surface area (Å²) in [4.78, 5) is 0. The smallest absolute Gasteiger partial charge is 0.0679 e. The van der Waals surface area contributed by atoms with Crippen LogP contribution in [0.2, 0.25) is 0 Å². The number of para-hydroxylation sites is 1. The van der Waals surface area contributed by atoms with Crippen LogP contribution in [0.4, 0.5) is 5.69 Å². The Morgan fingerprint density at radius 3 is 2.62 bits per heavy atom. The number of nitrogens with one attached hydrogen (secondary N) is 1. The largest absolute Gasteiger partial charge is 0.384 e. The van der Waals surface area contributed by atoms with E-state index in [1.807, 2.05) is 23.1 Å². The number of rotatable bonds is 5. The summed E-state index contributed by atoms with van der Waals surface area (Å²) in [5.41, 5.74) is 2.58. The summed E-state index contributed by atoms with van der Waals surface area (Å²) in [5.74, 6) is 0.838. The topological polar surface area (TPSA) is 29.9 Å². The Labute approximate surface area is 127 Å². The van der Waals surface area contributed by atoms with Gasteiger partial charge in [-0.3, -0.25) is 4.68 Å². The third kappa shape index (κ3) is 4.10. The Balaban J connectivity index is 1.61. The molecule has 0 bridgehead atoms. The molecule has 1 aliphatic carbocycles. The van der Waals surface area contributed by atoms with Crippen molar-refractivity contribution in [3.63, 3.8) is 0 Å². The summed E-state index contributed by atoms with van der Waals surface area (Å²) in [6, 6.07) is 10.6. The maximum Gasteiger partial charge on any atom is 0.0679 e. The molecule has 112 valence electrons. The molecule has 0 saturated heterocycles. The molecule has 1 saturated carbocycles. The fraction of sp³-hybridized carbons (Fsp3) is 0.500. The van der Waals surface area contributed by atoms with Crippen LogP contribution < -0.4 is 5.32 Å². The lowest BCUT2D eigenvalue weighted by molar-refractivity contribution is 0.483. The third-order valence-electron chi connectivity index (χ3n) is 4.46. The highest BCUT2D eigenvalue weighted by atomic mass is 15.3. The van der Waals surface area contributed by atoms with Crippen molar-refractivity contribution < 1.29 is 0 Å². The molecular formula is C18H25N3. The standard InChI is InChI=1S/C18H25N3/c1-2-4-9-16(8-3-1)14-19-18-11-6-5-10-17(18)15-21-13-7-12-20-21/h5-7,10-13,16,19H,1-4,8-9,14-15H2. The number of aromatic nitrogens is 2. The molecule has 0 aliphatic heterocycles. The van der Waals surface area contributed by atoms with Crippen LogP contribution >= 0.6 is 0 Å². The van der Waals surface area contributed by atoms with Crippen molar-refractivity contribution in [1.82, 2.24) is 9.78 Å². The molecule has 3 nitrogen and oxygen atoms in total. The molecule has 0 spiro atoms. The zero-order valence-corrected chi connectivity index (χ0v) is 12.7. The summed E-state index contributed by atoms with van der Waals surface area (Å²) >= 11 is 0. The van der Waals surface area contributed by atoms with E-state index in [-0.39, 0.29) is 0 Å². The fourth-order valence-corrected chi connectivity index (χ4v) is 3.22. The van der Waals surface area contributed by atoms with E-state index in [2.05, 4.69) is 34.7 Å². The molecule has 21 heavy (non-hydrogen) atoms. The molecule has 0 radical (unpaired) electrons. The molecule has 3 heteroatoms. The molecular weight excluding hydrogens is 258 g/mol. The lowest BCUT2D eigenvalue weighted by Gasteiger charge is -2.18. The molecule has 2 aromatic rings. The quantitative estimate of drug-likeness (QED) is 0.828. The van der Waals surface area contributed by atoms with Gasteiger partial charge in [0.25, 0.3) is 0 Å². The molecule has 0 unspecified atom stereocenters. The van der Waals surface area contributed by atoms with E-state index < -0.39 is 0 Å². The highest BCUT2D eigenvalue weighted by molar-refractivity contribution is 5.51. The number of hydrogen-bond donors (Lipinski definition) is 1. The first-order valence-electron chi connectivity index (χ1n) is 8.21. The van der Waals surface area contributed by atoms with Crippen molar-refractivity contribution in [2.45, 2.75) is 45.1 Å². The van der Waals surface area contributed by atoms with Gasteiger partial charge in [-0.05, 0) is 36.5 Å². The maximum atomic E-state index is 4.30. The summed E-state index contributed by atoms with van der Waals surface area (Å²) in [6.07, 6.45) is 12.3. The molecule has 1 fully saturated rings. The number of nitrogens with zero attached hydrogens (tertiary/aromatic N) is 2. The second-order valence-electron chi connectivity index (χ2n) is 6.10. The van der Waals surface area contributed by atoms with Gasteiger partial charge in [0.1, 0.15) is 0 Å². The molecule has 3 rings (SSSR count).